The first-order chi connectivity index (χ1) is 11.6. The zero-order chi connectivity index (χ0) is 17.1. The number of amides is 1. The van der Waals surface area contributed by atoms with Crippen molar-refractivity contribution in [2.45, 2.75) is 6.42 Å². The zero-order valence-corrected chi connectivity index (χ0v) is 13.5. The molecule has 0 bridgehead atoms. The molecule has 0 radical (unpaired) electrons. The number of ether oxygens (including phenoxy) is 1. The van der Waals surface area contributed by atoms with Gasteiger partial charge in [-0.15, -0.1) is 0 Å². The predicted molar refractivity (Wildman–Crippen MR) is 90.5 cm³/mol. The van der Waals surface area contributed by atoms with E-state index in [1.165, 1.54) is 4.57 Å². The molecular formula is C18H18N2O4. The Morgan fingerprint density at radius 2 is 2.08 bits per heavy atom. The van der Waals surface area contributed by atoms with Crippen molar-refractivity contribution in [3.05, 3.63) is 64.1 Å². The molecule has 24 heavy (non-hydrogen) atoms. The summed E-state index contributed by atoms with van der Waals surface area (Å²) in [5.74, 6) is 0.119. The van der Waals surface area contributed by atoms with Gasteiger partial charge in [0.1, 0.15) is 5.75 Å². The highest BCUT2D eigenvalue weighted by atomic mass is 16.5. The van der Waals surface area contributed by atoms with Crippen molar-refractivity contribution in [2.75, 3.05) is 13.7 Å². The fourth-order valence-corrected chi connectivity index (χ4v) is 2.51. The van der Waals surface area contributed by atoms with E-state index < -0.39 is 0 Å². The van der Waals surface area contributed by atoms with Gasteiger partial charge in [0.25, 0.3) is 5.91 Å². The lowest BCUT2D eigenvalue weighted by atomic mass is 10.1. The van der Waals surface area contributed by atoms with Crippen molar-refractivity contribution in [2.24, 2.45) is 7.05 Å². The molecule has 1 aromatic heterocycles. The Balaban J connectivity index is 1.64. The number of nitrogens with zero attached hydrogens (tertiary/aromatic N) is 1. The van der Waals surface area contributed by atoms with Gasteiger partial charge in [0.15, 0.2) is 5.58 Å². The zero-order valence-electron chi connectivity index (χ0n) is 13.5. The van der Waals surface area contributed by atoms with Gasteiger partial charge in [-0.25, -0.2) is 4.79 Å². The molecule has 124 valence electrons. The van der Waals surface area contributed by atoms with Crippen LogP contribution in [-0.2, 0) is 13.5 Å². The summed E-state index contributed by atoms with van der Waals surface area (Å²) in [4.78, 5) is 23.6. The Labute approximate surface area is 138 Å². The van der Waals surface area contributed by atoms with E-state index in [2.05, 4.69) is 5.32 Å². The van der Waals surface area contributed by atoms with Gasteiger partial charge in [-0.05, 0) is 42.3 Å². The number of fused-ring (bicyclic) bond motifs is 1. The number of nitrogens with one attached hydrogen (secondary N) is 1. The van der Waals surface area contributed by atoms with E-state index >= 15 is 0 Å². The van der Waals surface area contributed by atoms with E-state index in [9.17, 15) is 9.59 Å². The van der Waals surface area contributed by atoms with Crippen LogP contribution in [0.1, 0.15) is 15.9 Å². The van der Waals surface area contributed by atoms with Crippen LogP contribution in [-0.4, -0.2) is 24.1 Å². The molecule has 0 fully saturated rings. The maximum absolute atomic E-state index is 12.1. The summed E-state index contributed by atoms with van der Waals surface area (Å²) in [6.45, 7) is 0.493. The SMILES string of the molecule is COc1cccc(C(=O)NCCc2ccc3oc(=O)n(C)c3c2)c1. The average Bonchev–Trinajstić information content (AvgIpc) is 2.89. The number of aromatic nitrogens is 1. The van der Waals surface area contributed by atoms with Crippen molar-refractivity contribution < 1.29 is 13.9 Å². The highest BCUT2D eigenvalue weighted by molar-refractivity contribution is 5.94. The minimum Gasteiger partial charge on any atom is -0.497 e. The van der Waals surface area contributed by atoms with Gasteiger partial charge in [0, 0.05) is 19.2 Å². The van der Waals surface area contributed by atoms with Gasteiger partial charge >= 0.3 is 5.76 Å². The summed E-state index contributed by atoms with van der Waals surface area (Å²) < 4.78 is 11.7. The van der Waals surface area contributed by atoms with Crippen molar-refractivity contribution in [3.63, 3.8) is 0 Å². The summed E-state index contributed by atoms with van der Waals surface area (Å²) >= 11 is 0. The third kappa shape index (κ3) is 3.17. The van der Waals surface area contributed by atoms with E-state index in [4.69, 9.17) is 9.15 Å². The van der Waals surface area contributed by atoms with Crippen molar-refractivity contribution >= 4 is 17.0 Å². The third-order valence-corrected chi connectivity index (χ3v) is 3.89. The van der Waals surface area contributed by atoms with E-state index in [1.807, 2.05) is 12.1 Å². The Hall–Kier alpha value is -3.02. The van der Waals surface area contributed by atoms with Crippen molar-refractivity contribution in [1.29, 1.82) is 0 Å². The third-order valence-electron chi connectivity index (χ3n) is 3.89. The lowest BCUT2D eigenvalue weighted by Crippen LogP contribution is -2.25. The summed E-state index contributed by atoms with van der Waals surface area (Å²) in [7, 11) is 3.23. The minimum atomic E-state index is -0.381. The standard InChI is InChI=1S/C18H18N2O4/c1-20-15-10-12(6-7-16(15)24-18(20)22)8-9-19-17(21)13-4-3-5-14(11-13)23-2/h3-7,10-11H,8-9H2,1-2H3,(H,19,21). The van der Waals surface area contributed by atoms with Gasteiger partial charge in [-0.2, -0.15) is 0 Å². The van der Waals surface area contributed by atoms with Crippen LogP contribution >= 0.6 is 0 Å². The lowest BCUT2D eigenvalue weighted by molar-refractivity contribution is 0.0954. The van der Waals surface area contributed by atoms with Gasteiger partial charge in [-0.3, -0.25) is 9.36 Å². The number of carbonyl (C=O) groups excluding carboxylic acids is 1. The fraction of sp³-hybridized carbons (Fsp3) is 0.222. The Bertz CT molecular complexity index is 940. The summed E-state index contributed by atoms with van der Waals surface area (Å²) in [6, 6.07) is 12.6. The molecule has 6 nitrogen and oxygen atoms in total. The first kappa shape index (κ1) is 15.9. The molecular weight excluding hydrogens is 308 g/mol. The van der Waals surface area contributed by atoms with Gasteiger partial charge < -0.3 is 14.5 Å². The number of oxazole rings is 1. The van der Waals surface area contributed by atoms with Crippen LogP contribution in [0.5, 0.6) is 5.75 Å². The number of aryl methyl sites for hydroxylation is 1. The lowest BCUT2D eigenvalue weighted by Gasteiger charge is -2.07. The Morgan fingerprint density at radius 3 is 2.88 bits per heavy atom. The number of hydrogen-bond acceptors (Lipinski definition) is 4. The predicted octanol–water partition coefficient (Wildman–Crippen LogP) is 2.11. The van der Waals surface area contributed by atoms with Crippen LogP contribution in [0.25, 0.3) is 11.1 Å². The molecule has 0 saturated heterocycles. The molecule has 0 aliphatic carbocycles. The van der Waals surface area contributed by atoms with Crippen molar-refractivity contribution in [1.82, 2.24) is 9.88 Å². The van der Waals surface area contributed by atoms with Crippen LogP contribution in [0.2, 0.25) is 0 Å². The summed E-state index contributed by atoms with van der Waals surface area (Å²) in [5, 5.41) is 2.88. The maximum Gasteiger partial charge on any atom is 0.419 e. The molecule has 0 atom stereocenters. The Morgan fingerprint density at radius 1 is 1.25 bits per heavy atom. The molecule has 0 aliphatic heterocycles. The quantitative estimate of drug-likeness (QED) is 0.779. The minimum absolute atomic E-state index is 0.148. The molecule has 1 amide bonds. The number of hydrogen-bond donors (Lipinski definition) is 1. The van der Waals surface area contributed by atoms with E-state index in [1.54, 1.807) is 44.5 Å². The van der Waals surface area contributed by atoms with Crippen molar-refractivity contribution in [3.8, 4) is 5.75 Å². The molecule has 2 aromatic carbocycles. The molecule has 0 spiro atoms. The highest BCUT2D eigenvalue weighted by Crippen LogP contribution is 2.15. The van der Waals surface area contributed by atoms with Crippen LogP contribution in [0.4, 0.5) is 0 Å². The highest BCUT2D eigenvalue weighted by Gasteiger charge is 2.08. The van der Waals surface area contributed by atoms with Crippen LogP contribution in [0, 0.1) is 0 Å². The van der Waals surface area contributed by atoms with Crippen LogP contribution in [0.3, 0.4) is 0 Å². The smallest absolute Gasteiger partial charge is 0.419 e. The summed E-state index contributed by atoms with van der Waals surface area (Å²) in [5.41, 5.74) is 2.88. The topological polar surface area (TPSA) is 73.5 Å². The molecule has 1 N–H and O–H groups in total. The first-order valence-electron chi connectivity index (χ1n) is 7.59. The molecule has 0 aliphatic rings. The molecule has 1 heterocycles. The average molecular weight is 326 g/mol. The first-order valence-corrected chi connectivity index (χ1v) is 7.59. The molecule has 0 unspecified atom stereocenters. The second-order valence-electron chi connectivity index (χ2n) is 5.47. The normalized spacial score (nSPS) is 10.8. The molecule has 0 saturated carbocycles. The fourth-order valence-electron chi connectivity index (χ4n) is 2.51. The number of methoxy groups -OCH3 is 1. The number of rotatable bonds is 5. The largest absolute Gasteiger partial charge is 0.497 e. The maximum atomic E-state index is 12.1. The van der Waals surface area contributed by atoms with Crippen LogP contribution < -0.4 is 15.8 Å². The monoisotopic (exact) mass is 326 g/mol. The summed E-state index contributed by atoms with van der Waals surface area (Å²) in [6.07, 6.45) is 0.658. The van der Waals surface area contributed by atoms with E-state index in [0.717, 1.165) is 11.1 Å². The van der Waals surface area contributed by atoms with Gasteiger partial charge in [0.05, 0.1) is 12.6 Å². The van der Waals surface area contributed by atoms with E-state index in [-0.39, 0.29) is 11.7 Å². The second kappa shape index (κ2) is 6.62. The Kier molecular flexibility index (Phi) is 4.37. The number of benzene rings is 2. The molecule has 3 rings (SSSR count). The second-order valence-corrected chi connectivity index (χ2v) is 5.47. The van der Waals surface area contributed by atoms with Crippen LogP contribution in [0.15, 0.2) is 51.7 Å². The molecule has 3 aromatic rings. The molecule has 6 heteroatoms. The van der Waals surface area contributed by atoms with E-state index in [0.29, 0.717) is 29.9 Å². The van der Waals surface area contributed by atoms with Gasteiger partial charge in [-0.1, -0.05) is 12.1 Å². The number of carbonyl (C=O) groups is 1. The van der Waals surface area contributed by atoms with Gasteiger partial charge in [0.2, 0.25) is 0 Å².